The average molecular weight is 181 g/mol. The van der Waals surface area contributed by atoms with E-state index in [2.05, 4.69) is 21.3 Å². The molecule has 0 atom stereocenters. The molecule has 1 aromatic carbocycles. The molecule has 0 amide bonds. The van der Waals surface area contributed by atoms with E-state index in [1.54, 1.807) is 12.3 Å². The SMILES string of the molecule is C#Cc1ccccc1-c1ccnnn1. The molecule has 0 aliphatic rings. The number of nitrogens with zero attached hydrogens (tertiary/aromatic N) is 3. The fraction of sp³-hybridized carbons (Fsp3) is 0. The molecule has 1 heterocycles. The maximum Gasteiger partial charge on any atom is 0.0975 e. The summed E-state index contributed by atoms with van der Waals surface area (Å²) in [6.07, 6.45) is 6.97. The first-order valence-electron chi connectivity index (χ1n) is 4.12. The molecule has 0 unspecified atom stereocenters. The fourth-order valence-corrected chi connectivity index (χ4v) is 1.22. The summed E-state index contributed by atoms with van der Waals surface area (Å²) >= 11 is 0. The normalized spacial score (nSPS) is 9.36. The first kappa shape index (κ1) is 8.39. The number of aromatic nitrogens is 3. The summed E-state index contributed by atoms with van der Waals surface area (Å²) in [7, 11) is 0. The predicted molar refractivity (Wildman–Crippen MR) is 53.2 cm³/mol. The molecule has 0 fully saturated rings. The summed E-state index contributed by atoms with van der Waals surface area (Å²) in [5, 5.41) is 11.1. The van der Waals surface area contributed by atoms with Crippen molar-refractivity contribution < 1.29 is 0 Å². The molecule has 2 rings (SSSR count). The van der Waals surface area contributed by atoms with Crippen molar-refractivity contribution in [2.45, 2.75) is 0 Å². The second kappa shape index (κ2) is 3.67. The molecule has 0 saturated carbocycles. The highest BCUT2D eigenvalue weighted by molar-refractivity contribution is 5.66. The Morgan fingerprint density at radius 3 is 2.71 bits per heavy atom. The Kier molecular flexibility index (Phi) is 2.20. The van der Waals surface area contributed by atoms with Crippen LogP contribution >= 0.6 is 0 Å². The zero-order chi connectivity index (χ0) is 9.80. The van der Waals surface area contributed by atoms with Crippen molar-refractivity contribution in [2.75, 3.05) is 0 Å². The van der Waals surface area contributed by atoms with Gasteiger partial charge in [0.05, 0.1) is 11.9 Å². The maximum atomic E-state index is 5.37. The minimum Gasteiger partial charge on any atom is -0.139 e. The number of benzene rings is 1. The fourth-order valence-electron chi connectivity index (χ4n) is 1.22. The van der Waals surface area contributed by atoms with Gasteiger partial charge in [-0.1, -0.05) is 24.1 Å². The molecule has 0 saturated heterocycles. The highest BCUT2D eigenvalue weighted by Gasteiger charge is 2.02. The Morgan fingerprint density at radius 2 is 2.00 bits per heavy atom. The lowest BCUT2D eigenvalue weighted by Crippen LogP contribution is -1.91. The van der Waals surface area contributed by atoms with Gasteiger partial charge in [0.15, 0.2) is 0 Å². The van der Waals surface area contributed by atoms with Crippen molar-refractivity contribution in [3.63, 3.8) is 0 Å². The van der Waals surface area contributed by atoms with Gasteiger partial charge in [0, 0.05) is 11.1 Å². The highest BCUT2D eigenvalue weighted by Crippen LogP contribution is 2.19. The van der Waals surface area contributed by atoms with E-state index in [0.29, 0.717) is 0 Å². The Morgan fingerprint density at radius 1 is 1.14 bits per heavy atom. The second-order valence-corrected chi connectivity index (χ2v) is 2.70. The van der Waals surface area contributed by atoms with Gasteiger partial charge in [-0.05, 0) is 17.3 Å². The quantitative estimate of drug-likeness (QED) is 0.626. The minimum atomic E-state index is 0.744. The summed E-state index contributed by atoms with van der Waals surface area (Å²) in [6, 6.07) is 9.38. The molecule has 14 heavy (non-hydrogen) atoms. The molecular formula is C11H7N3. The minimum absolute atomic E-state index is 0.744. The lowest BCUT2D eigenvalue weighted by atomic mass is 10.1. The number of hydrogen-bond donors (Lipinski definition) is 0. The van der Waals surface area contributed by atoms with E-state index >= 15 is 0 Å². The van der Waals surface area contributed by atoms with Crippen LogP contribution in [0.1, 0.15) is 5.56 Å². The van der Waals surface area contributed by atoms with Gasteiger partial charge in [-0.3, -0.25) is 0 Å². The van der Waals surface area contributed by atoms with Gasteiger partial charge < -0.3 is 0 Å². The molecule has 2 aromatic rings. The Balaban J connectivity index is 2.58. The molecule has 1 aromatic heterocycles. The van der Waals surface area contributed by atoms with Crippen molar-refractivity contribution in [3.05, 3.63) is 42.1 Å². The van der Waals surface area contributed by atoms with Gasteiger partial charge >= 0.3 is 0 Å². The molecule has 66 valence electrons. The number of hydrogen-bond acceptors (Lipinski definition) is 3. The highest BCUT2D eigenvalue weighted by atomic mass is 15.3. The lowest BCUT2D eigenvalue weighted by Gasteiger charge is -2.00. The van der Waals surface area contributed by atoms with Crippen molar-refractivity contribution in [3.8, 4) is 23.6 Å². The van der Waals surface area contributed by atoms with Gasteiger partial charge in [0.1, 0.15) is 0 Å². The van der Waals surface area contributed by atoms with E-state index in [-0.39, 0.29) is 0 Å². The van der Waals surface area contributed by atoms with Gasteiger partial charge in [0.2, 0.25) is 0 Å². The van der Waals surface area contributed by atoms with Crippen LogP contribution in [0.15, 0.2) is 36.5 Å². The molecule has 3 nitrogen and oxygen atoms in total. The molecule has 0 spiro atoms. The largest absolute Gasteiger partial charge is 0.139 e. The van der Waals surface area contributed by atoms with E-state index in [9.17, 15) is 0 Å². The van der Waals surface area contributed by atoms with Crippen LogP contribution in [0.2, 0.25) is 0 Å². The Hall–Kier alpha value is -2.21. The summed E-state index contributed by atoms with van der Waals surface area (Å²) in [5.41, 5.74) is 2.46. The molecule has 0 N–H and O–H groups in total. The predicted octanol–water partition coefficient (Wildman–Crippen LogP) is 1.52. The standard InChI is InChI=1S/C11H7N3/c1-2-9-5-3-4-6-10(9)11-7-8-12-14-13-11/h1,3-8H. The van der Waals surface area contributed by atoms with Crippen LogP contribution in [0.25, 0.3) is 11.3 Å². The third-order valence-corrected chi connectivity index (χ3v) is 1.86. The molecule has 0 aliphatic heterocycles. The zero-order valence-electron chi connectivity index (χ0n) is 7.38. The van der Waals surface area contributed by atoms with Crippen LogP contribution in [0, 0.1) is 12.3 Å². The van der Waals surface area contributed by atoms with Crippen LogP contribution in [-0.4, -0.2) is 15.4 Å². The third kappa shape index (κ3) is 1.46. The van der Waals surface area contributed by atoms with Crippen molar-refractivity contribution in [1.82, 2.24) is 15.4 Å². The van der Waals surface area contributed by atoms with Crippen LogP contribution in [0.3, 0.4) is 0 Å². The smallest absolute Gasteiger partial charge is 0.0975 e. The molecule has 0 radical (unpaired) electrons. The third-order valence-electron chi connectivity index (χ3n) is 1.86. The Bertz CT molecular complexity index is 471. The van der Waals surface area contributed by atoms with E-state index in [1.165, 1.54) is 0 Å². The van der Waals surface area contributed by atoms with Crippen LogP contribution < -0.4 is 0 Å². The first-order valence-corrected chi connectivity index (χ1v) is 4.12. The summed E-state index contributed by atoms with van der Waals surface area (Å²) in [5.74, 6) is 2.61. The summed E-state index contributed by atoms with van der Waals surface area (Å²) in [4.78, 5) is 0. The lowest BCUT2D eigenvalue weighted by molar-refractivity contribution is 0.870. The second-order valence-electron chi connectivity index (χ2n) is 2.70. The van der Waals surface area contributed by atoms with Crippen molar-refractivity contribution in [2.24, 2.45) is 0 Å². The zero-order valence-corrected chi connectivity index (χ0v) is 7.38. The van der Waals surface area contributed by atoms with E-state index < -0.39 is 0 Å². The molecule has 0 aliphatic carbocycles. The number of terminal acetylenes is 1. The summed E-state index contributed by atoms with van der Waals surface area (Å²) < 4.78 is 0. The molecule has 3 heteroatoms. The molecular weight excluding hydrogens is 174 g/mol. The van der Waals surface area contributed by atoms with Gasteiger partial charge in [-0.25, -0.2) is 0 Å². The maximum absolute atomic E-state index is 5.37. The van der Waals surface area contributed by atoms with Gasteiger partial charge in [-0.15, -0.1) is 16.6 Å². The topological polar surface area (TPSA) is 38.7 Å². The van der Waals surface area contributed by atoms with Crippen LogP contribution in [-0.2, 0) is 0 Å². The first-order chi connectivity index (χ1) is 6.92. The van der Waals surface area contributed by atoms with E-state index in [0.717, 1.165) is 16.8 Å². The monoisotopic (exact) mass is 181 g/mol. The van der Waals surface area contributed by atoms with E-state index in [1.807, 2.05) is 24.3 Å². The molecule has 0 bridgehead atoms. The average Bonchev–Trinajstić information content (AvgIpc) is 2.30. The van der Waals surface area contributed by atoms with Gasteiger partial charge in [0.25, 0.3) is 0 Å². The van der Waals surface area contributed by atoms with Crippen LogP contribution in [0.5, 0.6) is 0 Å². The number of rotatable bonds is 1. The summed E-state index contributed by atoms with van der Waals surface area (Å²) in [6.45, 7) is 0. The van der Waals surface area contributed by atoms with Crippen molar-refractivity contribution in [1.29, 1.82) is 0 Å². The van der Waals surface area contributed by atoms with Crippen LogP contribution in [0.4, 0.5) is 0 Å². The van der Waals surface area contributed by atoms with Crippen molar-refractivity contribution >= 4 is 0 Å². The van der Waals surface area contributed by atoms with E-state index in [4.69, 9.17) is 6.42 Å². The Labute approximate surface area is 81.8 Å². The van der Waals surface area contributed by atoms with Gasteiger partial charge in [-0.2, -0.15) is 0 Å².